The molecule has 0 bridgehead atoms. The lowest BCUT2D eigenvalue weighted by Crippen LogP contribution is -2.29. The van der Waals surface area contributed by atoms with Gasteiger partial charge >= 0.3 is 0 Å². The van der Waals surface area contributed by atoms with E-state index in [1.807, 2.05) is 31.3 Å². The first-order valence-corrected chi connectivity index (χ1v) is 8.23. The number of aliphatic hydroxyl groups is 1. The average Bonchev–Trinajstić information content (AvgIpc) is 3.04. The Labute approximate surface area is 146 Å². The van der Waals surface area contributed by atoms with Crippen molar-refractivity contribution in [2.45, 2.75) is 19.4 Å². The number of hydrogen-bond donors (Lipinski definition) is 3. The molecule has 0 fully saturated rings. The van der Waals surface area contributed by atoms with Gasteiger partial charge in [-0.05, 0) is 41.8 Å². The largest absolute Gasteiger partial charge is 0.497 e. The summed E-state index contributed by atoms with van der Waals surface area (Å²) in [4.78, 5) is 15.4. The van der Waals surface area contributed by atoms with Gasteiger partial charge in [-0.15, -0.1) is 0 Å². The van der Waals surface area contributed by atoms with Gasteiger partial charge < -0.3 is 20.1 Å². The van der Waals surface area contributed by atoms with E-state index in [0.29, 0.717) is 0 Å². The fourth-order valence-corrected chi connectivity index (χ4v) is 2.98. The lowest BCUT2D eigenvalue weighted by Gasteiger charge is -2.13. The second-order valence-corrected chi connectivity index (χ2v) is 6.08. The van der Waals surface area contributed by atoms with E-state index in [1.54, 1.807) is 31.4 Å². The third kappa shape index (κ3) is 3.83. The standard InChI is InChI=1S/C20H22N2O3/c1-13-4-3-5-17-20(13)15(11-21-17)10-19(24)22-12-18(23)14-6-8-16(25-2)9-7-14/h3-9,11,18,21,23H,10,12H2,1-2H3,(H,22,24). The zero-order chi connectivity index (χ0) is 17.8. The molecule has 0 saturated carbocycles. The first-order chi connectivity index (χ1) is 12.1. The molecule has 1 aromatic heterocycles. The molecule has 130 valence electrons. The summed E-state index contributed by atoms with van der Waals surface area (Å²) in [6.45, 7) is 2.21. The van der Waals surface area contributed by atoms with Crippen molar-refractivity contribution in [3.8, 4) is 5.75 Å². The quantitative estimate of drug-likeness (QED) is 0.647. The Kier molecular flexibility index (Phi) is 5.05. The third-order valence-electron chi connectivity index (χ3n) is 4.34. The van der Waals surface area contributed by atoms with Crippen LogP contribution < -0.4 is 10.1 Å². The minimum absolute atomic E-state index is 0.114. The number of nitrogens with one attached hydrogen (secondary N) is 2. The van der Waals surface area contributed by atoms with Gasteiger partial charge in [0.1, 0.15) is 5.75 Å². The van der Waals surface area contributed by atoms with Gasteiger partial charge in [0.05, 0.1) is 19.6 Å². The highest BCUT2D eigenvalue weighted by Crippen LogP contribution is 2.22. The molecule has 3 aromatic rings. The average molecular weight is 338 g/mol. The number of benzene rings is 2. The number of H-pyrrole nitrogens is 1. The minimum Gasteiger partial charge on any atom is -0.497 e. The highest BCUT2D eigenvalue weighted by molar-refractivity contribution is 5.91. The molecular weight excluding hydrogens is 316 g/mol. The lowest BCUT2D eigenvalue weighted by molar-refractivity contribution is -0.120. The molecule has 0 saturated heterocycles. The predicted molar refractivity (Wildman–Crippen MR) is 97.7 cm³/mol. The Balaban J connectivity index is 1.60. The van der Waals surface area contributed by atoms with Crippen molar-refractivity contribution in [1.29, 1.82) is 0 Å². The normalized spacial score (nSPS) is 12.1. The number of fused-ring (bicyclic) bond motifs is 1. The van der Waals surface area contributed by atoms with Crippen molar-refractivity contribution in [2.24, 2.45) is 0 Å². The molecule has 1 heterocycles. The molecule has 5 nitrogen and oxygen atoms in total. The van der Waals surface area contributed by atoms with Gasteiger partial charge in [0.25, 0.3) is 0 Å². The van der Waals surface area contributed by atoms with E-state index >= 15 is 0 Å². The topological polar surface area (TPSA) is 74.3 Å². The maximum atomic E-state index is 12.2. The number of amides is 1. The van der Waals surface area contributed by atoms with Crippen molar-refractivity contribution in [1.82, 2.24) is 10.3 Å². The van der Waals surface area contributed by atoms with E-state index in [4.69, 9.17) is 4.74 Å². The molecule has 0 spiro atoms. The number of methoxy groups -OCH3 is 1. The van der Waals surface area contributed by atoms with Crippen LogP contribution in [-0.4, -0.2) is 29.7 Å². The minimum atomic E-state index is -0.750. The summed E-state index contributed by atoms with van der Waals surface area (Å²) in [5.41, 5.74) is 3.87. The van der Waals surface area contributed by atoms with Crippen molar-refractivity contribution in [3.63, 3.8) is 0 Å². The van der Waals surface area contributed by atoms with Crippen LogP contribution in [-0.2, 0) is 11.2 Å². The van der Waals surface area contributed by atoms with Crippen molar-refractivity contribution in [3.05, 3.63) is 65.4 Å². The second kappa shape index (κ2) is 7.40. The van der Waals surface area contributed by atoms with Crippen LogP contribution in [0.3, 0.4) is 0 Å². The SMILES string of the molecule is COc1ccc(C(O)CNC(=O)Cc2c[nH]c3cccc(C)c23)cc1. The van der Waals surface area contributed by atoms with Crippen LogP contribution in [0.15, 0.2) is 48.7 Å². The molecule has 3 N–H and O–H groups in total. The van der Waals surface area contributed by atoms with Crippen molar-refractivity contribution < 1.29 is 14.6 Å². The zero-order valence-electron chi connectivity index (χ0n) is 14.4. The summed E-state index contributed by atoms with van der Waals surface area (Å²) in [6, 6.07) is 13.2. The van der Waals surface area contributed by atoms with Crippen LogP contribution in [0.5, 0.6) is 5.75 Å². The summed E-state index contributed by atoms with van der Waals surface area (Å²) < 4.78 is 5.10. The Morgan fingerprint density at radius 2 is 2.00 bits per heavy atom. The van der Waals surface area contributed by atoms with Gasteiger partial charge in [-0.3, -0.25) is 4.79 Å². The number of aromatic amines is 1. The van der Waals surface area contributed by atoms with Crippen LogP contribution in [0.25, 0.3) is 10.9 Å². The Morgan fingerprint density at radius 1 is 1.24 bits per heavy atom. The lowest BCUT2D eigenvalue weighted by atomic mass is 10.1. The number of aromatic nitrogens is 1. The fraction of sp³-hybridized carbons (Fsp3) is 0.250. The molecule has 3 rings (SSSR count). The van der Waals surface area contributed by atoms with E-state index in [-0.39, 0.29) is 18.9 Å². The summed E-state index contributed by atoms with van der Waals surface area (Å²) in [6.07, 6.45) is 1.40. The van der Waals surface area contributed by atoms with Gasteiger partial charge in [-0.2, -0.15) is 0 Å². The summed E-state index contributed by atoms with van der Waals surface area (Å²) in [7, 11) is 1.60. The van der Waals surface area contributed by atoms with Crippen LogP contribution in [0.2, 0.25) is 0 Å². The number of ether oxygens (including phenoxy) is 1. The second-order valence-electron chi connectivity index (χ2n) is 6.08. The molecule has 1 amide bonds. The summed E-state index contributed by atoms with van der Waals surface area (Å²) in [5, 5.41) is 14.1. The van der Waals surface area contributed by atoms with Crippen LogP contribution in [0, 0.1) is 6.92 Å². The van der Waals surface area contributed by atoms with E-state index in [1.165, 1.54) is 0 Å². The molecule has 1 unspecified atom stereocenters. The number of carbonyl (C=O) groups is 1. The summed E-state index contributed by atoms with van der Waals surface area (Å²) >= 11 is 0. The van der Waals surface area contributed by atoms with E-state index < -0.39 is 6.10 Å². The van der Waals surface area contributed by atoms with Gasteiger partial charge in [-0.25, -0.2) is 0 Å². The van der Waals surface area contributed by atoms with E-state index in [2.05, 4.69) is 10.3 Å². The van der Waals surface area contributed by atoms with Gasteiger partial charge in [0.15, 0.2) is 0 Å². The summed E-state index contributed by atoms with van der Waals surface area (Å²) in [5.74, 6) is 0.617. The fourth-order valence-electron chi connectivity index (χ4n) is 2.98. The molecular formula is C20H22N2O3. The zero-order valence-corrected chi connectivity index (χ0v) is 14.4. The highest BCUT2D eigenvalue weighted by Gasteiger charge is 2.13. The highest BCUT2D eigenvalue weighted by atomic mass is 16.5. The number of carbonyl (C=O) groups excluding carboxylic acids is 1. The third-order valence-corrected chi connectivity index (χ3v) is 4.34. The molecule has 0 radical (unpaired) electrons. The van der Waals surface area contributed by atoms with Crippen LogP contribution in [0.1, 0.15) is 22.8 Å². The molecule has 25 heavy (non-hydrogen) atoms. The number of hydrogen-bond acceptors (Lipinski definition) is 3. The maximum Gasteiger partial charge on any atom is 0.224 e. The van der Waals surface area contributed by atoms with Crippen molar-refractivity contribution in [2.75, 3.05) is 13.7 Å². The first kappa shape index (κ1) is 17.0. The number of rotatable bonds is 6. The molecule has 5 heteroatoms. The molecule has 0 aliphatic rings. The molecule has 0 aliphatic heterocycles. The first-order valence-electron chi connectivity index (χ1n) is 8.23. The molecule has 1 atom stereocenters. The van der Waals surface area contributed by atoms with Crippen molar-refractivity contribution >= 4 is 16.8 Å². The van der Waals surface area contributed by atoms with Gasteiger partial charge in [0.2, 0.25) is 5.91 Å². The number of aliphatic hydroxyl groups excluding tert-OH is 1. The van der Waals surface area contributed by atoms with Gasteiger partial charge in [-0.1, -0.05) is 24.3 Å². The molecule has 0 aliphatic carbocycles. The Morgan fingerprint density at radius 3 is 2.72 bits per heavy atom. The van der Waals surface area contributed by atoms with Gasteiger partial charge in [0, 0.05) is 23.6 Å². The van der Waals surface area contributed by atoms with E-state index in [0.717, 1.165) is 33.3 Å². The van der Waals surface area contributed by atoms with Crippen LogP contribution >= 0.6 is 0 Å². The Bertz CT molecular complexity index is 868. The number of aryl methyl sites for hydroxylation is 1. The maximum absolute atomic E-state index is 12.2. The Hall–Kier alpha value is -2.79. The molecule has 2 aromatic carbocycles. The predicted octanol–water partition coefficient (Wildman–Crippen LogP) is 2.88. The van der Waals surface area contributed by atoms with Crippen LogP contribution in [0.4, 0.5) is 0 Å². The van der Waals surface area contributed by atoms with E-state index in [9.17, 15) is 9.90 Å². The smallest absolute Gasteiger partial charge is 0.224 e. The monoisotopic (exact) mass is 338 g/mol.